The summed E-state index contributed by atoms with van der Waals surface area (Å²) < 4.78 is 0. The lowest BCUT2D eigenvalue weighted by molar-refractivity contribution is 0.0953. The van der Waals surface area contributed by atoms with Crippen molar-refractivity contribution in [3.05, 3.63) is 10.6 Å². The van der Waals surface area contributed by atoms with E-state index in [1.807, 2.05) is 0 Å². The summed E-state index contributed by atoms with van der Waals surface area (Å²) in [7, 11) is 0. The average molecular weight is 243 g/mol. The van der Waals surface area contributed by atoms with Crippen LogP contribution in [0.5, 0.6) is 0 Å². The Morgan fingerprint density at radius 2 is 2.38 bits per heavy atom. The number of carbonyl (C=O) groups excluding carboxylic acids is 1. The van der Waals surface area contributed by atoms with E-state index in [1.165, 1.54) is 11.3 Å². The van der Waals surface area contributed by atoms with Gasteiger partial charge in [0.15, 0.2) is 5.13 Å². The van der Waals surface area contributed by atoms with Crippen LogP contribution in [0.3, 0.4) is 0 Å². The molecule has 1 amide bonds. The Morgan fingerprint density at radius 1 is 1.69 bits per heavy atom. The van der Waals surface area contributed by atoms with Crippen molar-refractivity contribution in [2.45, 2.75) is 32.8 Å². The Bertz CT molecular complexity index is 363. The fourth-order valence-corrected chi connectivity index (χ4v) is 2.06. The molecule has 0 aliphatic heterocycles. The quantitative estimate of drug-likeness (QED) is 0.671. The first-order chi connectivity index (χ1) is 7.50. The van der Waals surface area contributed by atoms with Gasteiger partial charge < -0.3 is 16.2 Å². The Morgan fingerprint density at radius 3 is 2.88 bits per heavy atom. The number of anilines is 1. The molecule has 5 nitrogen and oxygen atoms in total. The molecular weight excluding hydrogens is 226 g/mol. The number of hydrogen-bond acceptors (Lipinski definition) is 5. The van der Waals surface area contributed by atoms with E-state index in [2.05, 4.69) is 10.3 Å². The van der Waals surface area contributed by atoms with Crippen LogP contribution in [-0.4, -0.2) is 28.6 Å². The number of nitrogens with one attached hydrogen (secondary N) is 1. The first kappa shape index (κ1) is 12.9. The van der Waals surface area contributed by atoms with Gasteiger partial charge in [-0.25, -0.2) is 4.98 Å². The highest BCUT2D eigenvalue weighted by molar-refractivity contribution is 7.17. The van der Waals surface area contributed by atoms with Crippen LogP contribution in [0.15, 0.2) is 0 Å². The second-order valence-corrected chi connectivity index (χ2v) is 4.74. The van der Waals surface area contributed by atoms with Crippen LogP contribution < -0.4 is 11.1 Å². The third-order valence-corrected chi connectivity index (χ3v) is 3.09. The average Bonchev–Trinajstić information content (AvgIpc) is 2.52. The number of aromatic nitrogens is 1. The van der Waals surface area contributed by atoms with Gasteiger partial charge in [-0.1, -0.05) is 11.3 Å². The number of aryl methyl sites for hydroxylation is 1. The number of nitrogens with two attached hydrogens (primary N) is 1. The number of aliphatic hydroxyl groups is 1. The van der Waals surface area contributed by atoms with Crippen LogP contribution in [0.4, 0.5) is 5.13 Å². The highest BCUT2D eigenvalue weighted by Gasteiger charge is 2.13. The van der Waals surface area contributed by atoms with Crippen LogP contribution in [0.2, 0.25) is 0 Å². The molecule has 4 N–H and O–H groups in total. The number of thiazole rings is 1. The molecule has 0 radical (unpaired) electrons. The summed E-state index contributed by atoms with van der Waals surface area (Å²) in [5.74, 6) is -0.141. The molecule has 0 fully saturated rings. The van der Waals surface area contributed by atoms with Crippen LogP contribution in [0.25, 0.3) is 0 Å². The molecule has 1 heterocycles. The summed E-state index contributed by atoms with van der Waals surface area (Å²) >= 11 is 1.19. The lowest BCUT2D eigenvalue weighted by Gasteiger charge is -2.05. The highest BCUT2D eigenvalue weighted by atomic mass is 32.1. The first-order valence-electron chi connectivity index (χ1n) is 5.20. The second-order valence-electron chi connectivity index (χ2n) is 3.71. The molecule has 1 aromatic rings. The van der Waals surface area contributed by atoms with E-state index in [0.29, 0.717) is 28.7 Å². The van der Waals surface area contributed by atoms with Gasteiger partial charge in [0.05, 0.1) is 11.8 Å². The molecule has 1 aromatic heterocycles. The van der Waals surface area contributed by atoms with Crippen molar-refractivity contribution in [2.24, 2.45) is 0 Å². The molecule has 1 unspecified atom stereocenters. The summed E-state index contributed by atoms with van der Waals surface area (Å²) in [5.41, 5.74) is 6.17. The van der Waals surface area contributed by atoms with Gasteiger partial charge >= 0.3 is 0 Å². The molecular formula is C10H17N3O2S. The maximum absolute atomic E-state index is 11.7. The minimum atomic E-state index is -0.322. The summed E-state index contributed by atoms with van der Waals surface area (Å²) in [6.45, 7) is 4.05. The summed E-state index contributed by atoms with van der Waals surface area (Å²) in [6, 6.07) is 0. The van der Waals surface area contributed by atoms with Crippen LogP contribution in [0.1, 0.15) is 35.1 Å². The predicted molar refractivity (Wildman–Crippen MR) is 64.5 cm³/mol. The number of hydrogen-bond donors (Lipinski definition) is 3. The zero-order valence-corrected chi connectivity index (χ0v) is 10.3. The number of nitrogens with zero attached hydrogens (tertiary/aromatic N) is 1. The smallest absolute Gasteiger partial charge is 0.263 e. The Balaban J connectivity index is 2.38. The van der Waals surface area contributed by atoms with E-state index in [9.17, 15) is 4.79 Å². The number of carbonyl (C=O) groups is 1. The van der Waals surface area contributed by atoms with E-state index in [0.717, 1.165) is 6.42 Å². The SMILES string of the molecule is Cc1nc(N)sc1C(=O)NCCCC(C)O. The van der Waals surface area contributed by atoms with E-state index in [1.54, 1.807) is 13.8 Å². The molecule has 0 bridgehead atoms. The lowest BCUT2D eigenvalue weighted by atomic mass is 10.2. The number of rotatable bonds is 5. The Hall–Kier alpha value is -1.14. The lowest BCUT2D eigenvalue weighted by Crippen LogP contribution is -2.24. The zero-order chi connectivity index (χ0) is 12.1. The zero-order valence-electron chi connectivity index (χ0n) is 9.49. The third kappa shape index (κ3) is 3.79. The van der Waals surface area contributed by atoms with Gasteiger partial charge in [0.25, 0.3) is 5.91 Å². The maximum Gasteiger partial charge on any atom is 0.263 e. The molecule has 0 saturated carbocycles. The summed E-state index contributed by atoms with van der Waals surface area (Å²) in [6.07, 6.45) is 1.12. The Kier molecular flexibility index (Phi) is 4.70. The largest absolute Gasteiger partial charge is 0.393 e. The summed E-state index contributed by atoms with van der Waals surface area (Å²) in [4.78, 5) is 16.2. The molecule has 1 atom stereocenters. The van der Waals surface area contributed by atoms with Crippen molar-refractivity contribution in [1.82, 2.24) is 10.3 Å². The standard InChI is InChI=1S/C10H17N3O2S/c1-6(14)4-3-5-12-9(15)8-7(2)13-10(11)16-8/h6,14H,3-5H2,1-2H3,(H2,11,13)(H,12,15). The predicted octanol–water partition coefficient (Wildman–Crippen LogP) is 0.925. The molecule has 0 spiro atoms. The third-order valence-electron chi connectivity index (χ3n) is 2.10. The highest BCUT2D eigenvalue weighted by Crippen LogP contribution is 2.19. The second kappa shape index (κ2) is 5.81. The number of amides is 1. The minimum absolute atomic E-state index is 0.141. The van der Waals surface area contributed by atoms with Crippen LogP contribution in [0, 0.1) is 6.92 Å². The van der Waals surface area contributed by atoms with Crippen molar-refractivity contribution in [2.75, 3.05) is 12.3 Å². The first-order valence-corrected chi connectivity index (χ1v) is 6.01. The molecule has 0 saturated heterocycles. The van der Waals surface area contributed by atoms with E-state index < -0.39 is 0 Å². The van der Waals surface area contributed by atoms with E-state index in [-0.39, 0.29) is 12.0 Å². The van der Waals surface area contributed by atoms with Gasteiger partial charge in [-0.3, -0.25) is 4.79 Å². The maximum atomic E-state index is 11.7. The molecule has 0 aromatic carbocycles. The van der Waals surface area contributed by atoms with Gasteiger partial charge in [-0.15, -0.1) is 0 Å². The fourth-order valence-electron chi connectivity index (χ4n) is 1.31. The van der Waals surface area contributed by atoms with Crippen LogP contribution >= 0.6 is 11.3 Å². The Labute approximate surface area is 98.7 Å². The van der Waals surface area contributed by atoms with E-state index >= 15 is 0 Å². The van der Waals surface area contributed by atoms with Crippen molar-refractivity contribution >= 4 is 22.4 Å². The van der Waals surface area contributed by atoms with Gasteiger partial charge in [-0.05, 0) is 26.7 Å². The number of nitrogen functional groups attached to an aromatic ring is 1. The van der Waals surface area contributed by atoms with Gasteiger partial charge in [0.1, 0.15) is 4.88 Å². The topological polar surface area (TPSA) is 88.2 Å². The van der Waals surface area contributed by atoms with Crippen molar-refractivity contribution in [3.63, 3.8) is 0 Å². The molecule has 0 aliphatic rings. The minimum Gasteiger partial charge on any atom is -0.393 e. The molecule has 0 aliphatic carbocycles. The molecule has 90 valence electrons. The van der Waals surface area contributed by atoms with Crippen molar-refractivity contribution in [3.8, 4) is 0 Å². The molecule has 16 heavy (non-hydrogen) atoms. The van der Waals surface area contributed by atoms with Gasteiger partial charge in [0.2, 0.25) is 0 Å². The number of aliphatic hydroxyl groups excluding tert-OH is 1. The normalized spacial score (nSPS) is 12.4. The monoisotopic (exact) mass is 243 g/mol. The van der Waals surface area contributed by atoms with Crippen molar-refractivity contribution < 1.29 is 9.90 Å². The van der Waals surface area contributed by atoms with Crippen LogP contribution in [-0.2, 0) is 0 Å². The van der Waals surface area contributed by atoms with Crippen molar-refractivity contribution in [1.29, 1.82) is 0 Å². The summed E-state index contributed by atoms with van der Waals surface area (Å²) in [5, 5.41) is 12.2. The van der Waals surface area contributed by atoms with E-state index in [4.69, 9.17) is 10.8 Å². The van der Waals surface area contributed by atoms with Gasteiger partial charge in [0, 0.05) is 6.54 Å². The fraction of sp³-hybridized carbons (Fsp3) is 0.600. The van der Waals surface area contributed by atoms with Gasteiger partial charge in [-0.2, -0.15) is 0 Å². The molecule has 1 rings (SSSR count). The molecule has 6 heteroatoms.